The van der Waals surface area contributed by atoms with Gasteiger partial charge in [0.2, 0.25) is 10.0 Å². The van der Waals surface area contributed by atoms with E-state index >= 15 is 0 Å². The SMILES string of the molecule is CCNc1cc(S(=O)(=O)N(C)C2CCOC2C)ccn1. The van der Waals surface area contributed by atoms with Crippen LogP contribution in [0.5, 0.6) is 0 Å². The Morgan fingerprint density at radius 1 is 1.55 bits per heavy atom. The van der Waals surface area contributed by atoms with Crippen LogP contribution in [0.25, 0.3) is 0 Å². The van der Waals surface area contributed by atoms with Crippen LogP contribution in [0.4, 0.5) is 5.82 Å². The quantitative estimate of drug-likeness (QED) is 0.887. The summed E-state index contributed by atoms with van der Waals surface area (Å²) >= 11 is 0. The number of ether oxygens (including phenoxy) is 1. The molecule has 1 aromatic heterocycles. The number of aromatic nitrogens is 1. The third kappa shape index (κ3) is 2.94. The highest BCUT2D eigenvalue weighted by molar-refractivity contribution is 7.89. The first-order valence-corrected chi connectivity index (χ1v) is 8.20. The number of sulfonamides is 1. The van der Waals surface area contributed by atoms with Crippen LogP contribution in [0.3, 0.4) is 0 Å². The maximum Gasteiger partial charge on any atom is 0.243 e. The summed E-state index contributed by atoms with van der Waals surface area (Å²) < 4.78 is 32.1. The normalized spacial score (nSPS) is 23.2. The van der Waals surface area contributed by atoms with Crippen LogP contribution >= 0.6 is 0 Å². The minimum Gasteiger partial charge on any atom is -0.377 e. The number of rotatable bonds is 5. The number of likely N-dealkylation sites (N-methyl/N-ethyl adjacent to an activating group) is 1. The number of pyridine rings is 1. The van der Waals surface area contributed by atoms with Gasteiger partial charge in [0.05, 0.1) is 17.0 Å². The van der Waals surface area contributed by atoms with E-state index < -0.39 is 10.0 Å². The standard InChI is InChI=1S/C13H21N3O3S/c1-4-14-13-9-11(5-7-15-13)20(17,18)16(3)12-6-8-19-10(12)2/h5,7,9-10,12H,4,6,8H2,1-3H3,(H,14,15). The Kier molecular flexibility index (Phi) is 4.62. The fourth-order valence-corrected chi connectivity index (χ4v) is 3.85. The van der Waals surface area contributed by atoms with E-state index in [1.165, 1.54) is 16.6 Å². The molecule has 1 saturated heterocycles. The zero-order valence-electron chi connectivity index (χ0n) is 12.0. The molecule has 0 aromatic carbocycles. The summed E-state index contributed by atoms with van der Waals surface area (Å²) in [6, 6.07) is 2.97. The highest BCUT2D eigenvalue weighted by Gasteiger charge is 2.35. The molecule has 112 valence electrons. The first-order chi connectivity index (χ1) is 9.46. The second-order valence-corrected chi connectivity index (χ2v) is 6.86. The van der Waals surface area contributed by atoms with Crippen molar-refractivity contribution < 1.29 is 13.2 Å². The van der Waals surface area contributed by atoms with Crippen LogP contribution in [0.1, 0.15) is 20.3 Å². The molecule has 1 fully saturated rings. The Morgan fingerprint density at radius 3 is 2.90 bits per heavy atom. The summed E-state index contributed by atoms with van der Waals surface area (Å²) in [6.45, 7) is 5.14. The Balaban J connectivity index is 2.27. The lowest BCUT2D eigenvalue weighted by Crippen LogP contribution is -2.40. The number of hydrogen-bond acceptors (Lipinski definition) is 5. The molecule has 0 saturated carbocycles. The Morgan fingerprint density at radius 2 is 2.30 bits per heavy atom. The molecule has 2 rings (SSSR count). The largest absolute Gasteiger partial charge is 0.377 e. The van der Waals surface area contributed by atoms with Crippen molar-refractivity contribution in [1.29, 1.82) is 0 Å². The maximum atomic E-state index is 12.6. The van der Waals surface area contributed by atoms with Gasteiger partial charge in [0.1, 0.15) is 5.82 Å². The highest BCUT2D eigenvalue weighted by atomic mass is 32.2. The summed E-state index contributed by atoms with van der Waals surface area (Å²) in [5, 5.41) is 3.02. The summed E-state index contributed by atoms with van der Waals surface area (Å²) in [6.07, 6.45) is 2.15. The first kappa shape index (κ1) is 15.2. The predicted octanol–water partition coefficient (Wildman–Crippen LogP) is 1.31. The lowest BCUT2D eigenvalue weighted by atomic mass is 10.2. The third-order valence-electron chi connectivity index (χ3n) is 3.57. The van der Waals surface area contributed by atoms with E-state index in [-0.39, 0.29) is 17.0 Å². The molecule has 1 aromatic rings. The summed E-state index contributed by atoms with van der Waals surface area (Å²) in [5.41, 5.74) is 0. The number of nitrogens with zero attached hydrogens (tertiary/aromatic N) is 2. The first-order valence-electron chi connectivity index (χ1n) is 6.76. The predicted molar refractivity (Wildman–Crippen MR) is 77.2 cm³/mol. The van der Waals surface area contributed by atoms with Crippen LogP contribution in [0.15, 0.2) is 23.2 Å². The van der Waals surface area contributed by atoms with Crippen LogP contribution in [-0.4, -0.2) is 50.1 Å². The number of anilines is 1. The van der Waals surface area contributed by atoms with Gasteiger partial charge in [-0.2, -0.15) is 4.31 Å². The van der Waals surface area contributed by atoms with E-state index in [9.17, 15) is 8.42 Å². The Hall–Kier alpha value is -1.18. The molecule has 1 aliphatic rings. The average molecular weight is 299 g/mol. The molecule has 0 radical (unpaired) electrons. The Labute approximate surface area is 120 Å². The van der Waals surface area contributed by atoms with Gasteiger partial charge in [-0.1, -0.05) is 0 Å². The molecule has 2 heterocycles. The summed E-state index contributed by atoms with van der Waals surface area (Å²) in [7, 11) is -1.91. The van der Waals surface area contributed by atoms with Gasteiger partial charge in [0, 0.05) is 32.5 Å². The van der Waals surface area contributed by atoms with Crippen molar-refractivity contribution >= 4 is 15.8 Å². The molecular formula is C13H21N3O3S. The van der Waals surface area contributed by atoms with Crippen molar-refractivity contribution in [2.45, 2.75) is 37.3 Å². The van der Waals surface area contributed by atoms with Gasteiger partial charge in [0.25, 0.3) is 0 Å². The third-order valence-corrected chi connectivity index (χ3v) is 5.45. The molecule has 7 heteroatoms. The Bertz CT molecular complexity index is 562. The van der Waals surface area contributed by atoms with E-state index in [0.29, 0.717) is 19.0 Å². The van der Waals surface area contributed by atoms with Crippen molar-refractivity contribution in [2.75, 3.05) is 25.5 Å². The van der Waals surface area contributed by atoms with Crippen molar-refractivity contribution in [1.82, 2.24) is 9.29 Å². The van der Waals surface area contributed by atoms with E-state index in [4.69, 9.17) is 4.74 Å². The van der Waals surface area contributed by atoms with Gasteiger partial charge >= 0.3 is 0 Å². The van der Waals surface area contributed by atoms with Gasteiger partial charge in [-0.3, -0.25) is 0 Å². The summed E-state index contributed by atoms with van der Waals surface area (Å²) in [4.78, 5) is 4.35. The van der Waals surface area contributed by atoms with Gasteiger partial charge in [-0.15, -0.1) is 0 Å². The van der Waals surface area contributed by atoms with E-state index in [1.54, 1.807) is 13.1 Å². The second-order valence-electron chi connectivity index (χ2n) is 4.86. The fourth-order valence-electron chi connectivity index (χ4n) is 2.39. The lowest BCUT2D eigenvalue weighted by Gasteiger charge is -2.26. The van der Waals surface area contributed by atoms with Gasteiger partial charge in [-0.25, -0.2) is 13.4 Å². The summed E-state index contributed by atoms with van der Waals surface area (Å²) in [5.74, 6) is 0.567. The smallest absolute Gasteiger partial charge is 0.243 e. The molecule has 2 atom stereocenters. The highest BCUT2D eigenvalue weighted by Crippen LogP contribution is 2.25. The van der Waals surface area contributed by atoms with E-state index in [2.05, 4.69) is 10.3 Å². The van der Waals surface area contributed by atoms with Crippen molar-refractivity contribution in [2.24, 2.45) is 0 Å². The molecule has 6 nitrogen and oxygen atoms in total. The van der Waals surface area contributed by atoms with Gasteiger partial charge < -0.3 is 10.1 Å². The monoisotopic (exact) mass is 299 g/mol. The number of nitrogens with one attached hydrogen (secondary N) is 1. The van der Waals surface area contributed by atoms with Crippen molar-refractivity contribution in [3.05, 3.63) is 18.3 Å². The second kappa shape index (κ2) is 6.07. The van der Waals surface area contributed by atoms with Crippen LogP contribution in [-0.2, 0) is 14.8 Å². The molecule has 0 bridgehead atoms. The zero-order chi connectivity index (χ0) is 14.8. The maximum absolute atomic E-state index is 12.6. The van der Waals surface area contributed by atoms with E-state index in [0.717, 1.165) is 6.42 Å². The molecule has 1 N–H and O–H groups in total. The molecule has 0 aliphatic carbocycles. The van der Waals surface area contributed by atoms with Crippen LogP contribution < -0.4 is 5.32 Å². The van der Waals surface area contributed by atoms with Crippen molar-refractivity contribution in [3.63, 3.8) is 0 Å². The number of hydrogen-bond donors (Lipinski definition) is 1. The van der Waals surface area contributed by atoms with Crippen LogP contribution in [0.2, 0.25) is 0 Å². The minimum atomic E-state index is -3.52. The fraction of sp³-hybridized carbons (Fsp3) is 0.615. The van der Waals surface area contributed by atoms with Gasteiger partial charge in [0.15, 0.2) is 0 Å². The lowest BCUT2D eigenvalue weighted by molar-refractivity contribution is 0.102. The van der Waals surface area contributed by atoms with Crippen LogP contribution in [0, 0.1) is 0 Å². The molecule has 20 heavy (non-hydrogen) atoms. The minimum absolute atomic E-state index is 0.0788. The van der Waals surface area contributed by atoms with E-state index in [1.807, 2.05) is 13.8 Å². The zero-order valence-corrected chi connectivity index (χ0v) is 12.9. The molecule has 1 aliphatic heterocycles. The topological polar surface area (TPSA) is 71.5 Å². The molecular weight excluding hydrogens is 278 g/mol. The average Bonchev–Trinajstić information content (AvgIpc) is 2.84. The molecule has 0 amide bonds. The molecule has 0 spiro atoms. The van der Waals surface area contributed by atoms with Crippen molar-refractivity contribution in [3.8, 4) is 0 Å². The van der Waals surface area contributed by atoms with Gasteiger partial charge in [-0.05, 0) is 26.3 Å². The molecule has 2 unspecified atom stereocenters.